The molecule has 33 heavy (non-hydrogen) atoms. The van der Waals surface area contributed by atoms with E-state index in [-0.39, 0.29) is 11.6 Å². The minimum Gasteiger partial charge on any atom is -0.352 e. The van der Waals surface area contributed by atoms with Crippen LogP contribution in [0.5, 0.6) is 0 Å². The maximum Gasteiger partial charge on any atom is 0.261 e. The second kappa shape index (κ2) is 9.41. The largest absolute Gasteiger partial charge is 0.352 e. The van der Waals surface area contributed by atoms with E-state index in [1.54, 1.807) is 0 Å². The molecule has 170 valence electrons. The third-order valence-corrected chi connectivity index (χ3v) is 6.52. The van der Waals surface area contributed by atoms with Crippen molar-refractivity contribution in [3.05, 3.63) is 96.2 Å². The van der Waals surface area contributed by atoms with Gasteiger partial charge in [-0.25, -0.2) is 17.2 Å². The van der Waals surface area contributed by atoms with Crippen LogP contribution < -0.4 is 10.0 Å². The van der Waals surface area contributed by atoms with Gasteiger partial charge in [0.25, 0.3) is 15.9 Å². The maximum absolute atomic E-state index is 13.4. The van der Waals surface area contributed by atoms with Gasteiger partial charge in [-0.3, -0.25) is 9.52 Å². The summed E-state index contributed by atoms with van der Waals surface area (Å²) in [5, 5.41) is 4.01. The number of para-hydroxylation sites is 1. The van der Waals surface area contributed by atoms with Crippen LogP contribution in [0.4, 0.5) is 14.5 Å². The predicted molar refractivity (Wildman–Crippen MR) is 122 cm³/mol. The number of amides is 1. The van der Waals surface area contributed by atoms with Gasteiger partial charge in [0.15, 0.2) is 11.6 Å². The molecule has 0 fully saturated rings. The second-order valence-corrected chi connectivity index (χ2v) is 9.12. The van der Waals surface area contributed by atoms with Crippen LogP contribution in [-0.2, 0) is 16.6 Å². The molecule has 2 N–H and O–H groups in total. The van der Waals surface area contributed by atoms with Gasteiger partial charge in [-0.2, -0.15) is 0 Å². The zero-order valence-corrected chi connectivity index (χ0v) is 18.3. The summed E-state index contributed by atoms with van der Waals surface area (Å²) in [4.78, 5) is 12.0. The van der Waals surface area contributed by atoms with Crippen molar-refractivity contribution in [2.45, 2.75) is 17.9 Å². The molecule has 0 saturated heterocycles. The van der Waals surface area contributed by atoms with Gasteiger partial charge in [0.1, 0.15) is 0 Å². The molecule has 1 heterocycles. The van der Waals surface area contributed by atoms with Crippen LogP contribution in [0.3, 0.4) is 0 Å². The zero-order valence-electron chi connectivity index (χ0n) is 17.5. The first-order valence-corrected chi connectivity index (χ1v) is 11.7. The number of hydrogen-bond acceptors (Lipinski definition) is 3. The number of carbonyl (C=O) groups is 1. The van der Waals surface area contributed by atoms with Crippen LogP contribution in [0.2, 0.25) is 0 Å². The Balaban J connectivity index is 1.31. The number of carbonyl (C=O) groups excluding carboxylic acids is 1. The van der Waals surface area contributed by atoms with Crippen molar-refractivity contribution in [2.24, 2.45) is 0 Å². The molecule has 0 aliphatic heterocycles. The average Bonchev–Trinajstić information content (AvgIpc) is 3.21. The number of hydrogen-bond donors (Lipinski definition) is 2. The Kier molecular flexibility index (Phi) is 6.41. The Morgan fingerprint density at radius 2 is 1.67 bits per heavy atom. The predicted octanol–water partition coefficient (Wildman–Crippen LogP) is 4.54. The summed E-state index contributed by atoms with van der Waals surface area (Å²) in [6.07, 6.45) is 2.77. The average molecular weight is 470 g/mol. The lowest BCUT2D eigenvalue weighted by Crippen LogP contribution is -2.25. The molecule has 0 atom stereocenters. The first kappa shape index (κ1) is 22.5. The molecule has 3 aromatic carbocycles. The van der Waals surface area contributed by atoms with E-state index in [0.717, 1.165) is 30.6 Å². The number of fused-ring (bicyclic) bond motifs is 1. The van der Waals surface area contributed by atoms with Gasteiger partial charge in [-0.05, 0) is 66.4 Å². The summed E-state index contributed by atoms with van der Waals surface area (Å²) in [6.45, 7) is 1.24. The van der Waals surface area contributed by atoms with E-state index in [2.05, 4.69) is 32.8 Å². The Morgan fingerprint density at radius 3 is 2.42 bits per heavy atom. The minimum atomic E-state index is -4.10. The van der Waals surface area contributed by atoms with E-state index < -0.39 is 26.6 Å². The quantitative estimate of drug-likeness (QED) is 0.372. The lowest BCUT2D eigenvalue weighted by molar-refractivity contribution is 0.0953. The number of anilines is 1. The highest BCUT2D eigenvalue weighted by Gasteiger charge is 2.17. The molecule has 1 aromatic heterocycles. The van der Waals surface area contributed by atoms with Gasteiger partial charge < -0.3 is 9.88 Å². The van der Waals surface area contributed by atoms with Crippen molar-refractivity contribution in [1.82, 2.24) is 9.88 Å². The van der Waals surface area contributed by atoms with Gasteiger partial charge in [-0.15, -0.1) is 0 Å². The first-order valence-electron chi connectivity index (χ1n) is 10.2. The number of benzene rings is 3. The van der Waals surface area contributed by atoms with E-state index in [1.165, 1.54) is 29.7 Å². The normalized spacial score (nSPS) is 11.5. The van der Waals surface area contributed by atoms with Crippen molar-refractivity contribution >= 4 is 32.5 Å². The molecule has 0 spiro atoms. The fraction of sp³-hybridized carbons (Fsp3) is 0.125. The fourth-order valence-corrected chi connectivity index (χ4v) is 4.51. The molecule has 6 nitrogen and oxygen atoms in total. The highest BCUT2D eigenvalue weighted by molar-refractivity contribution is 7.92. The van der Waals surface area contributed by atoms with Crippen LogP contribution in [0, 0.1) is 11.6 Å². The molecule has 0 unspecified atom stereocenters. The van der Waals surface area contributed by atoms with Crippen LogP contribution >= 0.6 is 0 Å². The van der Waals surface area contributed by atoms with Crippen LogP contribution in [0.15, 0.2) is 83.9 Å². The molecule has 4 aromatic rings. The smallest absolute Gasteiger partial charge is 0.261 e. The second-order valence-electron chi connectivity index (χ2n) is 7.44. The highest BCUT2D eigenvalue weighted by Crippen LogP contribution is 2.19. The van der Waals surface area contributed by atoms with Crippen molar-refractivity contribution in [3.63, 3.8) is 0 Å². The Hall–Kier alpha value is -3.72. The third-order valence-electron chi connectivity index (χ3n) is 5.14. The number of rotatable bonds is 8. The standard InChI is InChI=1S/C24H21F2N3O3S/c25-21-11-10-20(16-22(21)26)33(31,32)28-19-8-6-18(7-9-19)24(30)27-13-3-14-29-15-12-17-4-1-2-5-23(17)29/h1-2,4-12,15-16,28H,3,13-14H2,(H,27,30). The number of nitrogens with one attached hydrogen (secondary N) is 2. The number of sulfonamides is 1. The van der Waals surface area contributed by atoms with Crippen molar-refractivity contribution in [3.8, 4) is 0 Å². The lowest BCUT2D eigenvalue weighted by atomic mass is 10.2. The number of halogens is 2. The summed E-state index contributed by atoms with van der Waals surface area (Å²) >= 11 is 0. The van der Waals surface area contributed by atoms with Crippen LogP contribution in [-0.4, -0.2) is 25.4 Å². The van der Waals surface area contributed by atoms with Gasteiger partial charge in [0.05, 0.1) is 4.90 Å². The first-order chi connectivity index (χ1) is 15.8. The molecule has 4 rings (SSSR count). The molecule has 1 amide bonds. The zero-order chi connectivity index (χ0) is 23.4. The van der Waals surface area contributed by atoms with E-state index in [9.17, 15) is 22.0 Å². The highest BCUT2D eigenvalue weighted by atomic mass is 32.2. The van der Waals surface area contributed by atoms with Crippen LogP contribution in [0.25, 0.3) is 10.9 Å². The van der Waals surface area contributed by atoms with E-state index in [0.29, 0.717) is 18.2 Å². The molecule has 0 saturated carbocycles. The van der Waals surface area contributed by atoms with Crippen molar-refractivity contribution in [1.29, 1.82) is 0 Å². The van der Waals surface area contributed by atoms with Gasteiger partial charge in [0, 0.05) is 36.1 Å². The maximum atomic E-state index is 13.4. The molecule has 9 heteroatoms. The molecule has 0 radical (unpaired) electrons. The van der Waals surface area contributed by atoms with Gasteiger partial charge in [0.2, 0.25) is 0 Å². The molecular weight excluding hydrogens is 448 g/mol. The van der Waals surface area contributed by atoms with E-state index >= 15 is 0 Å². The Morgan fingerprint density at radius 1 is 0.909 bits per heavy atom. The number of aryl methyl sites for hydroxylation is 1. The summed E-state index contributed by atoms with van der Waals surface area (Å²) in [5.74, 6) is -2.66. The number of aromatic nitrogens is 1. The number of nitrogens with zero attached hydrogens (tertiary/aromatic N) is 1. The minimum absolute atomic E-state index is 0.191. The molecule has 0 aliphatic carbocycles. The monoisotopic (exact) mass is 469 g/mol. The summed E-state index contributed by atoms with van der Waals surface area (Å²) in [5.41, 5.74) is 1.71. The lowest BCUT2D eigenvalue weighted by Gasteiger charge is -2.10. The SMILES string of the molecule is O=C(NCCCn1ccc2ccccc21)c1ccc(NS(=O)(=O)c2ccc(F)c(F)c2)cc1. The van der Waals surface area contributed by atoms with Gasteiger partial charge >= 0.3 is 0 Å². The van der Waals surface area contributed by atoms with E-state index in [1.807, 2.05) is 18.3 Å². The molecule has 0 bridgehead atoms. The Bertz CT molecular complexity index is 1400. The van der Waals surface area contributed by atoms with Crippen LogP contribution in [0.1, 0.15) is 16.8 Å². The topological polar surface area (TPSA) is 80.2 Å². The summed E-state index contributed by atoms with van der Waals surface area (Å²) < 4.78 is 55.5. The molecular formula is C24H21F2N3O3S. The van der Waals surface area contributed by atoms with E-state index in [4.69, 9.17) is 0 Å². The van der Waals surface area contributed by atoms with Crippen molar-refractivity contribution < 1.29 is 22.0 Å². The Labute approximate surface area is 189 Å². The summed E-state index contributed by atoms with van der Waals surface area (Å²) in [6, 6.07) is 18.3. The molecule has 0 aliphatic rings. The fourth-order valence-electron chi connectivity index (χ4n) is 3.44. The van der Waals surface area contributed by atoms with Crippen molar-refractivity contribution in [2.75, 3.05) is 11.3 Å². The summed E-state index contributed by atoms with van der Waals surface area (Å²) in [7, 11) is -4.10. The third kappa shape index (κ3) is 5.20. The van der Waals surface area contributed by atoms with Gasteiger partial charge in [-0.1, -0.05) is 18.2 Å².